The Balaban J connectivity index is 0.000000202. The lowest BCUT2D eigenvalue weighted by Crippen LogP contribution is -2.18. The van der Waals surface area contributed by atoms with Crippen molar-refractivity contribution in [2.75, 3.05) is 23.0 Å². The average molecular weight is 1460 g/mol. The summed E-state index contributed by atoms with van der Waals surface area (Å²) in [5, 5.41) is 64.0. The Hall–Kier alpha value is -6.08. The van der Waals surface area contributed by atoms with Gasteiger partial charge in [-0.25, -0.2) is 0 Å². The number of aliphatic carboxylic acids is 4. The van der Waals surface area contributed by atoms with Crippen LogP contribution in [0, 0.1) is 21.7 Å². The fourth-order valence-corrected chi connectivity index (χ4v) is 20.5. The van der Waals surface area contributed by atoms with E-state index in [0.29, 0.717) is 22.9 Å². The second kappa shape index (κ2) is 32.3. The van der Waals surface area contributed by atoms with Crippen LogP contribution in [0.25, 0.3) is 21.8 Å². The first-order valence-corrected chi connectivity index (χ1v) is 39.8. The van der Waals surface area contributed by atoms with Gasteiger partial charge in [-0.15, -0.1) is 0 Å². The summed E-state index contributed by atoms with van der Waals surface area (Å²) in [5.41, 5.74) is 10.0. The van der Waals surface area contributed by atoms with Crippen LogP contribution in [0.3, 0.4) is 0 Å². The number of carboxylic acid groups (broad SMARTS) is 4. The lowest BCUT2D eigenvalue weighted by molar-refractivity contribution is -0.139. The number of benzene rings is 6. The average Bonchev–Trinajstić information content (AvgIpc) is 1.55. The Morgan fingerprint density at radius 1 is 0.410 bits per heavy atom. The highest BCUT2D eigenvalue weighted by Gasteiger charge is 2.48. The lowest BCUT2D eigenvalue weighted by Gasteiger charge is -2.25. The molecule has 2 aromatic heterocycles. The highest BCUT2D eigenvalue weighted by molar-refractivity contribution is 8.00. The van der Waals surface area contributed by atoms with Crippen molar-refractivity contribution >= 4 is 116 Å². The van der Waals surface area contributed by atoms with Gasteiger partial charge < -0.3 is 30.6 Å². The van der Waals surface area contributed by atoms with Crippen molar-refractivity contribution in [1.29, 1.82) is 0 Å². The topological polar surface area (TPSA) is 215 Å². The Labute approximate surface area is 615 Å². The summed E-state index contributed by atoms with van der Waals surface area (Å²) >= 11 is 20.0. The van der Waals surface area contributed by atoms with Crippen LogP contribution in [0.2, 0.25) is 10.0 Å². The molecule has 0 bridgehead atoms. The van der Waals surface area contributed by atoms with Gasteiger partial charge in [-0.3, -0.25) is 29.1 Å². The third kappa shape index (κ3) is 21.1. The number of hydrogen-bond donors (Lipinski definition) is 6. The molecule has 12 rings (SSSR count). The van der Waals surface area contributed by atoms with Gasteiger partial charge in [-0.2, -0.15) is 47.0 Å². The van der Waals surface area contributed by atoms with Crippen molar-refractivity contribution in [1.82, 2.24) is 9.97 Å². The van der Waals surface area contributed by atoms with Crippen LogP contribution in [-0.4, -0.2) is 87.5 Å². The van der Waals surface area contributed by atoms with Crippen molar-refractivity contribution in [2.24, 2.45) is 21.7 Å². The molecule has 0 spiro atoms. The summed E-state index contributed by atoms with van der Waals surface area (Å²) in [6.45, 7) is 7.29. The van der Waals surface area contributed by atoms with E-state index in [1.165, 1.54) is 22.3 Å². The van der Waals surface area contributed by atoms with E-state index in [1.807, 2.05) is 148 Å². The summed E-state index contributed by atoms with van der Waals surface area (Å²) in [7, 11) is 0. The summed E-state index contributed by atoms with van der Waals surface area (Å²) < 4.78 is 0. The van der Waals surface area contributed by atoms with E-state index in [2.05, 4.69) is 84.9 Å². The summed E-state index contributed by atoms with van der Waals surface area (Å²) in [5.74, 6) is 0.188. The molecule has 4 aliphatic rings. The fraction of sp³-hybridized carbons (Fsp3) is 0.439. The number of aryl methyl sites for hydroxylation is 2. The Bertz CT molecular complexity index is 3970. The van der Waals surface area contributed by atoms with E-state index in [-0.39, 0.29) is 68.3 Å². The number of pyridine rings is 2. The maximum absolute atomic E-state index is 11.7. The number of thioether (sulfide) groups is 4. The number of rotatable bonds is 36. The van der Waals surface area contributed by atoms with E-state index in [4.69, 9.17) is 33.2 Å². The zero-order valence-electron chi connectivity index (χ0n) is 57.5. The zero-order valence-corrected chi connectivity index (χ0v) is 62.3. The highest BCUT2D eigenvalue weighted by Crippen LogP contribution is 2.57. The molecule has 12 nitrogen and oxygen atoms in total. The molecule has 528 valence electrons. The predicted molar refractivity (Wildman–Crippen MR) is 410 cm³/mol. The van der Waals surface area contributed by atoms with Crippen molar-refractivity contribution < 1.29 is 49.8 Å². The second-order valence-corrected chi connectivity index (χ2v) is 35.7. The molecule has 4 aliphatic carbocycles. The standard InChI is InChI=1S/2C41H46ClNO5S2/c2*1-39(2,48)33-9-4-3-6-27(33)12-15-35(49-25-40(16-17-40)23-37(44)45)29-7-5-8-30(20-29)36(50-26-41(18-19-41)24-38(46)47)22-32-14-11-28-10-13-31(42)21-34(28)43-32/h2*3-11,13-14,20-21,35-36,48H,12,15-19,22-26H2,1-2H3,(H,44,45)(H,46,47)/t35-,36+;35-,36-/m11/s1. The van der Waals surface area contributed by atoms with Crippen LogP contribution < -0.4 is 0 Å². The van der Waals surface area contributed by atoms with E-state index in [1.54, 1.807) is 0 Å². The monoisotopic (exact) mass is 1460 g/mol. The number of hydrogen-bond acceptors (Lipinski definition) is 12. The Kier molecular flexibility index (Phi) is 24.2. The number of aromatic nitrogens is 2. The molecule has 0 aliphatic heterocycles. The molecule has 4 fully saturated rings. The van der Waals surface area contributed by atoms with Crippen LogP contribution in [-0.2, 0) is 56.1 Å². The molecule has 0 saturated heterocycles. The first-order valence-electron chi connectivity index (χ1n) is 34.9. The van der Waals surface area contributed by atoms with Crippen molar-refractivity contribution in [2.45, 2.75) is 175 Å². The smallest absolute Gasteiger partial charge is 0.303 e. The van der Waals surface area contributed by atoms with E-state index >= 15 is 0 Å². The van der Waals surface area contributed by atoms with Crippen molar-refractivity contribution in [3.63, 3.8) is 0 Å². The maximum atomic E-state index is 11.7. The Morgan fingerprint density at radius 2 is 0.710 bits per heavy atom. The fourth-order valence-electron chi connectivity index (χ4n) is 13.9. The van der Waals surface area contributed by atoms with Crippen molar-refractivity contribution in [3.05, 3.63) is 224 Å². The molecule has 0 radical (unpaired) electrons. The third-order valence-corrected chi connectivity index (χ3v) is 27.6. The maximum Gasteiger partial charge on any atom is 0.303 e. The minimum atomic E-state index is -0.954. The van der Waals surface area contributed by atoms with E-state index < -0.39 is 35.1 Å². The molecule has 6 N–H and O–H groups in total. The quantitative estimate of drug-likeness (QED) is 0.0215. The zero-order chi connectivity index (χ0) is 71.0. The highest BCUT2D eigenvalue weighted by atomic mass is 35.5. The number of fused-ring (bicyclic) bond motifs is 2. The normalized spacial score (nSPS) is 17.3. The minimum absolute atomic E-state index is 0.0636. The van der Waals surface area contributed by atoms with Gasteiger partial charge in [0.25, 0.3) is 0 Å². The molecule has 6 aromatic carbocycles. The summed E-state index contributed by atoms with van der Waals surface area (Å²) in [6, 6.07) is 53.6. The number of carbonyl (C=O) groups is 4. The molecule has 100 heavy (non-hydrogen) atoms. The molecule has 8 aromatic rings. The van der Waals surface area contributed by atoms with Crippen LogP contribution in [0.4, 0.5) is 0 Å². The van der Waals surface area contributed by atoms with Gasteiger partial charge in [0.1, 0.15) is 0 Å². The lowest BCUT2D eigenvalue weighted by atomic mass is 9.90. The number of nitrogens with zero attached hydrogens (tertiary/aromatic N) is 2. The second-order valence-electron chi connectivity index (χ2n) is 30.0. The molecule has 18 heteroatoms. The van der Waals surface area contributed by atoms with Gasteiger partial charge in [-0.1, -0.05) is 145 Å². The summed E-state index contributed by atoms with van der Waals surface area (Å²) in [4.78, 5) is 56.7. The predicted octanol–water partition coefficient (Wildman–Crippen LogP) is 20.1. The van der Waals surface area contributed by atoms with Crippen LogP contribution in [0.15, 0.2) is 158 Å². The molecule has 4 atom stereocenters. The molecular formula is C82H92Cl2N2O10S4. The largest absolute Gasteiger partial charge is 0.481 e. The minimum Gasteiger partial charge on any atom is -0.481 e. The molecule has 0 amide bonds. The van der Waals surface area contributed by atoms with Gasteiger partial charge in [0, 0.05) is 89.1 Å². The van der Waals surface area contributed by atoms with Gasteiger partial charge >= 0.3 is 23.9 Å². The van der Waals surface area contributed by atoms with Gasteiger partial charge in [0.2, 0.25) is 0 Å². The SMILES string of the molecule is CC(C)(O)c1ccccc1CC[C@@H](SCC1(CC(=O)O)CC1)c1cccc([C@@H](Cc2ccc3ccc(Cl)cc3n2)SCC2(CC(=O)O)CC2)c1.CC(C)(O)c1ccccc1CC[C@@H](SCC1(CC(=O)O)CC1)c1cccc([C@H](Cc2ccc3ccc(Cl)cc3n2)SCC2(CC(=O)O)CC2)c1. The first-order chi connectivity index (χ1) is 47.6. The number of carboxylic acids is 4. The van der Waals surface area contributed by atoms with E-state index in [9.17, 15) is 49.8 Å². The van der Waals surface area contributed by atoms with Gasteiger partial charge in [0.15, 0.2) is 0 Å². The molecule has 2 heterocycles. The third-order valence-electron chi connectivity index (χ3n) is 20.5. The van der Waals surface area contributed by atoms with Crippen molar-refractivity contribution in [3.8, 4) is 0 Å². The van der Waals surface area contributed by atoms with Gasteiger partial charge in [0.05, 0.1) is 47.9 Å². The molecule has 0 unspecified atom stereocenters. The number of halogens is 2. The summed E-state index contributed by atoms with van der Waals surface area (Å²) in [6.07, 6.45) is 13.0. The molecular weight excluding hydrogens is 1370 g/mol. The Morgan fingerprint density at radius 3 is 1.02 bits per heavy atom. The van der Waals surface area contributed by atoms with Crippen LogP contribution >= 0.6 is 70.2 Å². The van der Waals surface area contributed by atoms with Gasteiger partial charge in [-0.05, 0) is 207 Å². The van der Waals surface area contributed by atoms with E-state index in [0.717, 1.165) is 156 Å². The number of aliphatic hydroxyl groups is 2. The molecule has 4 saturated carbocycles. The van der Waals surface area contributed by atoms with Crippen LogP contribution in [0.5, 0.6) is 0 Å². The van der Waals surface area contributed by atoms with Crippen LogP contribution in [0.1, 0.15) is 194 Å². The first kappa shape index (κ1) is 75.1.